The molecule has 4 nitrogen and oxygen atoms in total. The number of halogens is 1. The van der Waals surface area contributed by atoms with Crippen LogP contribution in [0.1, 0.15) is 36.8 Å². The number of hydrogen-bond acceptors (Lipinski definition) is 4. The minimum Gasteiger partial charge on any atom is -0.458 e. The molecule has 1 N–H and O–H groups in total. The first kappa shape index (κ1) is 19.3. The van der Waals surface area contributed by atoms with Crippen molar-refractivity contribution in [3.05, 3.63) is 82.4 Å². The third kappa shape index (κ3) is 4.85. The quantitative estimate of drug-likeness (QED) is 0.752. The monoisotopic (exact) mass is 384 g/mol. The standard InChI is InChI=1S/C22H21ClO4/c23-19-11-9-18(10-12-19)22(26,14-17-7-4-8-20(24)13-17)21(25)27-15-16-5-2-1-3-6-16/h1-3,5-6,9-13,26H,4,7-8,14-15H2/t22-/m1/s1. The van der Waals surface area contributed by atoms with Gasteiger partial charge in [-0.25, -0.2) is 4.79 Å². The van der Waals surface area contributed by atoms with Crippen LogP contribution in [0.2, 0.25) is 5.02 Å². The van der Waals surface area contributed by atoms with Gasteiger partial charge < -0.3 is 9.84 Å². The molecule has 2 aromatic carbocycles. The van der Waals surface area contributed by atoms with Crippen LogP contribution in [-0.4, -0.2) is 16.9 Å². The Balaban J connectivity index is 1.85. The second-order valence-corrected chi connectivity index (χ2v) is 7.16. The summed E-state index contributed by atoms with van der Waals surface area (Å²) in [6.45, 7) is 0.0630. The summed E-state index contributed by atoms with van der Waals surface area (Å²) in [5.74, 6) is -0.722. The summed E-state index contributed by atoms with van der Waals surface area (Å²) in [7, 11) is 0. The molecule has 140 valence electrons. The Labute approximate surface area is 163 Å². The minimum atomic E-state index is -1.87. The number of benzene rings is 2. The molecule has 0 bridgehead atoms. The highest BCUT2D eigenvalue weighted by Gasteiger charge is 2.40. The van der Waals surface area contributed by atoms with E-state index in [1.807, 2.05) is 30.3 Å². The van der Waals surface area contributed by atoms with Gasteiger partial charge in [-0.15, -0.1) is 0 Å². The Hall–Kier alpha value is -2.43. The maximum atomic E-state index is 12.9. The van der Waals surface area contributed by atoms with E-state index in [1.54, 1.807) is 24.3 Å². The lowest BCUT2D eigenvalue weighted by atomic mass is 9.83. The summed E-state index contributed by atoms with van der Waals surface area (Å²) in [4.78, 5) is 24.6. The number of ketones is 1. The molecule has 1 aliphatic rings. The second-order valence-electron chi connectivity index (χ2n) is 6.73. The highest BCUT2D eigenvalue weighted by atomic mass is 35.5. The van der Waals surface area contributed by atoms with Crippen molar-refractivity contribution in [1.82, 2.24) is 0 Å². The van der Waals surface area contributed by atoms with E-state index in [4.69, 9.17) is 16.3 Å². The Morgan fingerprint density at radius 1 is 1.07 bits per heavy atom. The van der Waals surface area contributed by atoms with E-state index >= 15 is 0 Å². The number of esters is 1. The largest absolute Gasteiger partial charge is 0.458 e. The van der Waals surface area contributed by atoms with Crippen LogP contribution in [0.5, 0.6) is 0 Å². The molecule has 0 aromatic heterocycles. The lowest BCUT2D eigenvalue weighted by molar-refractivity contribution is -0.168. The Bertz CT molecular complexity index is 842. The molecule has 1 aliphatic carbocycles. The molecule has 3 rings (SSSR count). The van der Waals surface area contributed by atoms with Gasteiger partial charge in [0, 0.05) is 17.9 Å². The lowest BCUT2D eigenvalue weighted by Gasteiger charge is -2.28. The van der Waals surface area contributed by atoms with Gasteiger partial charge in [0.2, 0.25) is 0 Å². The average Bonchev–Trinajstić information content (AvgIpc) is 2.67. The van der Waals surface area contributed by atoms with Gasteiger partial charge in [-0.1, -0.05) is 59.6 Å². The van der Waals surface area contributed by atoms with Gasteiger partial charge in [-0.2, -0.15) is 0 Å². The molecule has 0 radical (unpaired) electrons. The molecule has 0 spiro atoms. The fourth-order valence-corrected chi connectivity index (χ4v) is 3.32. The molecule has 0 aliphatic heterocycles. The SMILES string of the molecule is O=C1C=C(C[C@](O)(C(=O)OCc2ccccc2)c2ccc(Cl)cc2)CCC1. The van der Waals surface area contributed by atoms with E-state index in [0.717, 1.165) is 17.6 Å². The number of carbonyl (C=O) groups is 2. The van der Waals surface area contributed by atoms with Crippen molar-refractivity contribution in [2.24, 2.45) is 0 Å². The molecule has 0 heterocycles. The fourth-order valence-electron chi connectivity index (χ4n) is 3.19. The molecule has 2 aromatic rings. The van der Waals surface area contributed by atoms with Crippen molar-refractivity contribution >= 4 is 23.4 Å². The van der Waals surface area contributed by atoms with Crippen LogP contribution in [0, 0.1) is 0 Å². The summed E-state index contributed by atoms with van der Waals surface area (Å²) in [6.07, 6.45) is 3.46. The number of ether oxygens (including phenoxy) is 1. The number of hydrogen-bond donors (Lipinski definition) is 1. The van der Waals surface area contributed by atoms with Gasteiger partial charge >= 0.3 is 5.97 Å². The first-order valence-electron chi connectivity index (χ1n) is 8.89. The van der Waals surface area contributed by atoms with Gasteiger partial charge in [0.1, 0.15) is 6.61 Å². The van der Waals surface area contributed by atoms with Gasteiger partial charge in [0.15, 0.2) is 11.4 Å². The summed E-state index contributed by atoms with van der Waals surface area (Å²) in [6, 6.07) is 15.7. The van der Waals surface area contributed by atoms with Crippen LogP contribution in [0.4, 0.5) is 0 Å². The summed E-state index contributed by atoms with van der Waals surface area (Å²) < 4.78 is 5.41. The third-order valence-electron chi connectivity index (χ3n) is 4.64. The van der Waals surface area contributed by atoms with Crippen molar-refractivity contribution in [2.75, 3.05) is 0 Å². The van der Waals surface area contributed by atoms with Crippen molar-refractivity contribution in [2.45, 2.75) is 37.9 Å². The lowest BCUT2D eigenvalue weighted by Crippen LogP contribution is -2.38. The van der Waals surface area contributed by atoms with Crippen molar-refractivity contribution in [3.63, 3.8) is 0 Å². The zero-order valence-electron chi connectivity index (χ0n) is 14.9. The van der Waals surface area contributed by atoms with Gasteiger partial charge in [-0.05, 0) is 42.2 Å². The van der Waals surface area contributed by atoms with Crippen molar-refractivity contribution in [1.29, 1.82) is 0 Å². The predicted octanol–water partition coefficient (Wildman–Crippen LogP) is 4.34. The van der Waals surface area contributed by atoms with Crippen molar-refractivity contribution in [3.8, 4) is 0 Å². The molecule has 1 atom stereocenters. The molecule has 5 heteroatoms. The van der Waals surface area contributed by atoms with Crippen LogP contribution in [0.3, 0.4) is 0 Å². The molecule has 0 unspecified atom stereocenters. The van der Waals surface area contributed by atoms with Crippen molar-refractivity contribution < 1.29 is 19.4 Å². The van der Waals surface area contributed by atoms with Crippen LogP contribution in [-0.2, 0) is 26.5 Å². The van der Waals surface area contributed by atoms with Gasteiger partial charge in [0.25, 0.3) is 0 Å². The van der Waals surface area contributed by atoms with E-state index < -0.39 is 11.6 Å². The van der Waals surface area contributed by atoms with Crippen LogP contribution in [0.25, 0.3) is 0 Å². The van der Waals surface area contributed by atoms with E-state index in [2.05, 4.69) is 0 Å². The highest BCUT2D eigenvalue weighted by molar-refractivity contribution is 6.30. The topological polar surface area (TPSA) is 63.6 Å². The fraction of sp³-hybridized carbons (Fsp3) is 0.273. The Kier molecular flexibility index (Phi) is 6.09. The molecule has 0 fully saturated rings. The molecular formula is C22H21ClO4. The van der Waals surface area contributed by atoms with E-state index in [0.29, 0.717) is 23.4 Å². The number of carbonyl (C=O) groups excluding carboxylic acids is 2. The first-order chi connectivity index (χ1) is 13.0. The maximum absolute atomic E-state index is 12.9. The van der Waals surface area contributed by atoms with Gasteiger partial charge in [-0.3, -0.25) is 4.79 Å². The molecule has 0 amide bonds. The highest BCUT2D eigenvalue weighted by Crippen LogP contribution is 2.34. The zero-order valence-corrected chi connectivity index (χ0v) is 15.6. The third-order valence-corrected chi connectivity index (χ3v) is 4.89. The zero-order chi connectivity index (χ0) is 19.3. The smallest absolute Gasteiger partial charge is 0.343 e. The summed E-state index contributed by atoms with van der Waals surface area (Å²) in [5.41, 5.74) is 0.101. The Morgan fingerprint density at radius 2 is 1.78 bits per heavy atom. The Morgan fingerprint density at radius 3 is 2.44 bits per heavy atom. The number of rotatable bonds is 6. The van der Waals surface area contributed by atoms with Gasteiger partial charge in [0.05, 0.1) is 0 Å². The van der Waals surface area contributed by atoms with E-state index in [-0.39, 0.29) is 18.8 Å². The normalized spacial score (nSPS) is 16.4. The molecule has 0 saturated heterocycles. The first-order valence-corrected chi connectivity index (χ1v) is 9.27. The second kappa shape index (κ2) is 8.51. The van der Waals surface area contributed by atoms with Crippen LogP contribution in [0.15, 0.2) is 66.2 Å². The molecule has 27 heavy (non-hydrogen) atoms. The number of allylic oxidation sites excluding steroid dienone is 1. The molecular weight excluding hydrogens is 364 g/mol. The predicted molar refractivity (Wildman–Crippen MR) is 103 cm³/mol. The van der Waals surface area contributed by atoms with Crippen LogP contribution < -0.4 is 0 Å². The average molecular weight is 385 g/mol. The van der Waals surface area contributed by atoms with E-state index in [1.165, 1.54) is 6.08 Å². The molecule has 0 saturated carbocycles. The van der Waals surface area contributed by atoms with E-state index in [9.17, 15) is 14.7 Å². The maximum Gasteiger partial charge on any atom is 0.343 e. The summed E-state index contributed by atoms with van der Waals surface area (Å²) >= 11 is 5.94. The van der Waals surface area contributed by atoms with Crippen LogP contribution >= 0.6 is 11.6 Å². The minimum absolute atomic E-state index is 0.0207. The number of aliphatic hydroxyl groups is 1. The summed E-state index contributed by atoms with van der Waals surface area (Å²) in [5, 5.41) is 11.8.